The van der Waals surface area contributed by atoms with Gasteiger partial charge < -0.3 is 18.8 Å². The second kappa shape index (κ2) is 9.25. The number of hydrogen-bond acceptors (Lipinski definition) is 8. The van der Waals surface area contributed by atoms with Gasteiger partial charge in [0.1, 0.15) is 17.3 Å². The lowest BCUT2D eigenvalue weighted by molar-refractivity contribution is 0.101. The number of carbonyl (C=O) groups excluding carboxylic acids is 1. The van der Waals surface area contributed by atoms with Crippen molar-refractivity contribution in [2.24, 2.45) is 0 Å². The van der Waals surface area contributed by atoms with Gasteiger partial charge in [0.05, 0.1) is 38.3 Å². The van der Waals surface area contributed by atoms with Crippen LogP contribution >= 0.6 is 11.8 Å². The summed E-state index contributed by atoms with van der Waals surface area (Å²) in [5, 5.41) is 9.46. The molecule has 1 aliphatic heterocycles. The van der Waals surface area contributed by atoms with Gasteiger partial charge in [-0.05, 0) is 37.1 Å². The van der Waals surface area contributed by atoms with E-state index in [1.807, 2.05) is 16.7 Å². The average molecular weight is 429 g/mol. The third-order valence-corrected chi connectivity index (χ3v) is 5.99. The number of hydrogen-bond donors (Lipinski definition) is 0. The molecule has 0 unspecified atom stereocenters. The predicted octanol–water partition coefficient (Wildman–Crippen LogP) is 3.51. The van der Waals surface area contributed by atoms with E-state index in [0.717, 1.165) is 37.6 Å². The highest BCUT2D eigenvalue weighted by atomic mass is 32.2. The van der Waals surface area contributed by atoms with Gasteiger partial charge in [-0.25, -0.2) is 0 Å². The maximum Gasteiger partial charge on any atom is 0.228 e. The fourth-order valence-electron chi connectivity index (χ4n) is 3.47. The smallest absolute Gasteiger partial charge is 0.228 e. The first-order valence-corrected chi connectivity index (χ1v) is 10.8. The third kappa shape index (κ3) is 4.30. The first-order valence-electron chi connectivity index (χ1n) is 9.78. The molecule has 1 aliphatic rings. The van der Waals surface area contributed by atoms with Crippen LogP contribution in [0.2, 0.25) is 0 Å². The van der Waals surface area contributed by atoms with Gasteiger partial charge in [0.25, 0.3) is 0 Å². The van der Waals surface area contributed by atoms with Crippen molar-refractivity contribution in [1.82, 2.24) is 14.8 Å². The molecule has 0 bridgehead atoms. The van der Waals surface area contributed by atoms with E-state index in [1.54, 1.807) is 38.7 Å². The second-order valence-corrected chi connectivity index (χ2v) is 7.86. The predicted molar refractivity (Wildman–Crippen MR) is 114 cm³/mol. The molecule has 9 heteroatoms. The van der Waals surface area contributed by atoms with E-state index in [1.165, 1.54) is 11.8 Å². The van der Waals surface area contributed by atoms with Crippen molar-refractivity contribution < 1.29 is 18.7 Å². The van der Waals surface area contributed by atoms with Crippen molar-refractivity contribution in [1.29, 1.82) is 0 Å². The summed E-state index contributed by atoms with van der Waals surface area (Å²) in [7, 11) is 3.12. The minimum absolute atomic E-state index is 0.0465. The zero-order valence-corrected chi connectivity index (χ0v) is 17.9. The number of rotatable bonds is 9. The van der Waals surface area contributed by atoms with Crippen LogP contribution in [-0.4, -0.2) is 53.6 Å². The molecule has 30 heavy (non-hydrogen) atoms. The van der Waals surface area contributed by atoms with Gasteiger partial charge in [-0.15, -0.1) is 10.2 Å². The summed E-state index contributed by atoms with van der Waals surface area (Å²) in [5.41, 5.74) is 0.516. The Morgan fingerprint density at radius 2 is 2.00 bits per heavy atom. The summed E-state index contributed by atoms with van der Waals surface area (Å²) in [5.74, 6) is 2.95. The summed E-state index contributed by atoms with van der Waals surface area (Å²) in [6.07, 6.45) is 3.94. The number of anilines is 1. The molecule has 4 rings (SSSR count). The summed E-state index contributed by atoms with van der Waals surface area (Å²) in [6.45, 7) is 2.44. The topological polar surface area (TPSA) is 82.6 Å². The van der Waals surface area contributed by atoms with E-state index in [2.05, 4.69) is 15.1 Å². The van der Waals surface area contributed by atoms with Gasteiger partial charge >= 0.3 is 0 Å². The largest absolute Gasteiger partial charge is 0.497 e. The van der Waals surface area contributed by atoms with Crippen LogP contribution < -0.4 is 14.4 Å². The standard InChI is InChI=1S/C21H24N4O4S/c1-27-15-7-8-17(19(12-15)28-2)18(26)14-30-21-23-22-20(24-9-3-4-10-24)25(21)13-16-6-5-11-29-16/h5-8,11-12H,3-4,9-10,13-14H2,1-2H3. The van der Waals surface area contributed by atoms with E-state index < -0.39 is 0 Å². The second-order valence-electron chi connectivity index (χ2n) is 6.92. The Bertz CT molecular complexity index is 997. The van der Waals surface area contributed by atoms with Crippen LogP contribution in [0.3, 0.4) is 0 Å². The van der Waals surface area contributed by atoms with Crippen molar-refractivity contribution in [3.8, 4) is 11.5 Å². The Hall–Kier alpha value is -2.94. The maximum absolute atomic E-state index is 12.9. The number of aromatic nitrogens is 3. The van der Waals surface area contributed by atoms with Gasteiger partial charge in [0, 0.05) is 19.2 Å². The highest BCUT2D eigenvalue weighted by Crippen LogP contribution is 2.29. The van der Waals surface area contributed by atoms with Crippen LogP contribution in [0.1, 0.15) is 29.0 Å². The molecular weight excluding hydrogens is 404 g/mol. The van der Waals surface area contributed by atoms with Crippen LogP contribution in [0.15, 0.2) is 46.2 Å². The van der Waals surface area contributed by atoms with Gasteiger partial charge in [0.2, 0.25) is 5.95 Å². The number of thioether (sulfide) groups is 1. The molecule has 158 valence electrons. The highest BCUT2D eigenvalue weighted by Gasteiger charge is 2.23. The van der Waals surface area contributed by atoms with Crippen LogP contribution in [0.5, 0.6) is 11.5 Å². The number of carbonyl (C=O) groups is 1. The molecule has 0 atom stereocenters. The molecule has 8 nitrogen and oxygen atoms in total. The molecule has 2 aromatic heterocycles. The Balaban J connectivity index is 1.53. The molecule has 3 aromatic rings. The number of Topliss-reactive ketones (excluding diaryl/α,β-unsaturated/α-hetero) is 1. The summed E-state index contributed by atoms with van der Waals surface area (Å²) >= 11 is 1.37. The molecule has 0 spiro atoms. The fourth-order valence-corrected chi connectivity index (χ4v) is 4.29. The first kappa shape index (κ1) is 20.3. The Morgan fingerprint density at radius 3 is 2.70 bits per heavy atom. The van der Waals surface area contributed by atoms with Gasteiger partial charge in [-0.3, -0.25) is 9.36 Å². The van der Waals surface area contributed by atoms with E-state index >= 15 is 0 Å². The van der Waals surface area contributed by atoms with E-state index in [0.29, 0.717) is 28.8 Å². The molecule has 0 amide bonds. The molecular formula is C21H24N4O4S. The molecule has 1 aromatic carbocycles. The first-order chi connectivity index (χ1) is 14.7. The number of ketones is 1. The zero-order chi connectivity index (χ0) is 20.9. The van der Waals surface area contributed by atoms with E-state index in [9.17, 15) is 4.79 Å². The summed E-state index contributed by atoms with van der Waals surface area (Å²) in [6, 6.07) is 8.98. The monoisotopic (exact) mass is 428 g/mol. The Kier molecular flexibility index (Phi) is 6.27. The van der Waals surface area contributed by atoms with Gasteiger partial charge in [-0.1, -0.05) is 11.8 Å². The lowest BCUT2D eigenvalue weighted by Gasteiger charge is -2.17. The number of methoxy groups -OCH3 is 2. The Labute approximate surface area is 179 Å². The lowest BCUT2D eigenvalue weighted by atomic mass is 10.1. The van der Waals surface area contributed by atoms with Crippen LogP contribution in [0, 0.1) is 0 Å². The van der Waals surface area contributed by atoms with Crippen LogP contribution in [0.4, 0.5) is 5.95 Å². The van der Waals surface area contributed by atoms with Crippen LogP contribution in [-0.2, 0) is 6.54 Å². The van der Waals surface area contributed by atoms with Crippen molar-refractivity contribution in [2.45, 2.75) is 24.5 Å². The number of ether oxygens (including phenoxy) is 2. The molecule has 0 radical (unpaired) electrons. The molecule has 1 fully saturated rings. The summed E-state index contributed by atoms with van der Waals surface area (Å²) in [4.78, 5) is 15.1. The van der Waals surface area contributed by atoms with Gasteiger partial charge in [0.15, 0.2) is 10.9 Å². The average Bonchev–Trinajstić information content (AvgIpc) is 3.54. The van der Waals surface area contributed by atoms with E-state index in [-0.39, 0.29) is 11.5 Å². The highest BCUT2D eigenvalue weighted by molar-refractivity contribution is 7.99. The number of nitrogens with zero attached hydrogens (tertiary/aromatic N) is 4. The number of benzene rings is 1. The molecule has 0 aliphatic carbocycles. The van der Waals surface area contributed by atoms with Crippen molar-refractivity contribution in [3.63, 3.8) is 0 Å². The SMILES string of the molecule is COc1ccc(C(=O)CSc2nnc(N3CCCC3)n2Cc2ccco2)c(OC)c1. The van der Waals surface area contributed by atoms with Crippen LogP contribution in [0.25, 0.3) is 0 Å². The minimum atomic E-state index is -0.0465. The Morgan fingerprint density at radius 1 is 1.17 bits per heavy atom. The van der Waals surface area contributed by atoms with E-state index in [4.69, 9.17) is 13.9 Å². The fraction of sp³-hybridized carbons (Fsp3) is 0.381. The maximum atomic E-state index is 12.9. The number of furan rings is 1. The molecule has 0 saturated carbocycles. The van der Waals surface area contributed by atoms with Crippen molar-refractivity contribution >= 4 is 23.5 Å². The third-order valence-electron chi connectivity index (χ3n) is 5.02. The lowest BCUT2D eigenvalue weighted by Crippen LogP contribution is -2.22. The van der Waals surface area contributed by atoms with Crippen molar-refractivity contribution in [3.05, 3.63) is 47.9 Å². The molecule has 1 saturated heterocycles. The molecule has 0 N–H and O–H groups in total. The zero-order valence-electron chi connectivity index (χ0n) is 17.0. The van der Waals surface area contributed by atoms with Gasteiger partial charge in [-0.2, -0.15) is 0 Å². The minimum Gasteiger partial charge on any atom is -0.497 e. The quantitative estimate of drug-likeness (QED) is 0.378. The van der Waals surface area contributed by atoms with Crippen molar-refractivity contribution in [2.75, 3.05) is 38.0 Å². The molecule has 3 heterocycles. The summed E-state index contributed by atoms with van der Waals surface area (Å²) < 4.78 is 18.1. The normalized spacial score (nSPS) is 13.6.